The van der Waals surface area contributed by atoms with Crippen molar-refractivity contribution in [2.45, 2.75) is 33.1 Å². The van der Waals surface area contributed by atoms with Gasteiger partial charge in [0, 0.05) is 6.54 Å². The second-order valence-electron chi connectivity index (χ2n) is 6.09. The molecule has 1 amide bonds. The minimum absolute atomic E-state index is 0.0304. The van der Waals surface area contributed by atoms with Gasteiger partial charge < -0.3 is 14.8 Å². The van der Waals surface area contributed by atoms with Gasteiger partial charge in [-0.15, -0.1) is 0 Å². The van der Waals surface area contributed by atoms with E-state index >= 15 is 0 Å². The molecule has 2 rings (SSSR count). The molecule has 0 aliphatic carbocycles. The normalized spacial score (nSPS) is 14.2. The summed E-state index contributed by atoms with van der Waals surface area (Å²) in [7, 11) is 0. The molecule has 1 N–H and O–H groups in total. The van der Waals surface area contributed by atoms with Crippen molar-refractivity contribution >= 4 is 5.91 Å². The number of nitrogens with one attached hydrogen (secondary N) is 1. The fraction of sp³-hybridized carbons (Fsp3) is 0.562. The molecule has 1 aromatic rings. The molecule has 4 nitrogen and oxygen atoms in total. The Morgan fingerprint density at radius 3 is 2.55 bits per heavy atom. The molecule has 0 spiro atoms. The highest BCUT2D eigenvalue weighted by molar-refractivity contribution is 5.87. The Hall–Kier alpha value is -1.71. The standard InChI is InChI=1S/C16H23NO3/c1-11(2)10-17-15(18)16(3,4)12-5-6-13-14(9-12)20-8-7-19-13/h5-6,9,11H,7-8,10H2,1-4H3,(H,17,18). The van der Waals surface area contributed by atoms with Gasteiger partial charge in [0.25, 0.3) is 0 Å². The van der Waals surface area contributed by atoms with Gasteiger partial charge >= 0.3 is 0 Å². The maximum Gasteiger partial charge on any atom is 0.230 e. The smallest absolute Gasteiger partial charge is 0.230 e. The molecule has 20 heavy (non-hydrogen) atoms. The fourth-order valence-corrected chi connectivity index (χ4v) is 2.08. The topological polar surface area (TPSA) is 47.6 Å². The minimum atomic E-state index is -0.593. The van der Waals surface area contributed by atoms with E-state index in [1.54, 1.807) is 0 Å². The van der Waals surface area contributed by atoms with E-state index in [1.165, 1.54) is 0 Å². The van der Waals surface area contributed by atoms with E-state index in [0.29, 0.717) is 25.7 Å². The van der Waals surface area contributed by atoms with Crippen molar-refractivity contribution in [3.63, 3.8) is 0 Å². The van der Waals surface area contributed by atoms with E-state index in [-0.39, 0.29) is 5.91 Å². The van der Waals surface area contributed by atoms with Gasteiger partial charge in [0.2, 0.25) is 5.91 Å². The molecular formula is C16H23NO3. The van der Waals surface area contributed by atoms with Crippen LogP contribution in [0.4, 0.5) is 0 Å². The summed E-state index contributed by atoms with van der Waals surface area (Å²) in [6.45, 7) is 9.82. The lowest BCUT2D eigenvalue weighted by Gasteiger charge is -2.27. The van der Waals surface area contributed by atoms with Gasteiger partial charge in [-0.3, -0.25) is 4.79 Å². The van der Waals surface area contributed by atoms with E-state index < -0.39 is 5.41 Å². The quantitative estimate of drug-likeness (QED) is 0.920. The van der Waals surface area contributed by atoms with Crippen LogP contribution in [0.3, 0.4) is 0 Å². The first-order valence-corrected chi connectivity index (χ1v) is 7.09. The Bertz CT molecular complexity index is 494. The largest absolute Gasteiger partial charge is 0.486 e. The van der Waals surface area contributed by atoms with Crippen molar-refractivity contribution in [3.05, 3.63) is 23.8 Å². The van der Waals surface area contributed by atoms with E-state index in [0.717, 1.165) is 17.1 Å². The van der Waals surface area contributed by atoms with Crippen molar-refractivity contribution in [2.24, 2.45) is 5.92 Å². The number of carbonyl (C=O) groups excluding carboxylic acids is 1. The fourth-order valence-electron chi connectivity index (χ4n) is 2.08. The zero-order valence-corrected chi connectivity index (χ0v) is 12.7. The Balaban J connectivity index is 2.18. The number of benzene rings is 1. The van der Waals surface area contributed by atoms with Crippen molar-refractivity contribution in [3.8, 4) is 11.5 Å². The van der Waals surface area contributed by atoms with Crippen LogP contribution in [0.25, 0.3) is 0 Å². The van der Waals surface area contributed by atoms with Crippen molar-refractivity contribution in [1.29, 1.82) is 0 Å². The van der Waals surface area contributed by atoms with Gasteiger partial charge in [-0.1, -0.05) is 19.9 Å². The van der Waals surface area contributed by atoms with E-state index in [4.69, 9.17) is 9.47 Å². The summed E-state index contributed by atoms with van der Waals surface area (Å²) in [5, 5.41) is 2.99. The number of hydrogen-bond donors (Lipinski definition) is 1. The summed E-state index contributed by atoms with van der Waals surface area (Å²) in [4.78, 5) is 12.4. The Labute approximate surface area is 120 Å². The number of rotatable bonds is 4. The third kappa shape index (κ3) is 3.06. The van der Waals surface area contributed by atoms with Crippen molar-refractivity contribution < 1.29 is 14.3 Å². The van der Waals surface area contributed by atoms with Gasteiger partial charge in [0.15, 0.2) is 11.5 Å². The molecule has 0 saturated carbocycles. The maximum atomic E-state index is 12.4. The molecule has 1 aromatic carbocycles. The second kappa shape index (κ2) is 5.73. The van der Waals surface area contributed by atoms with Crippen LogP contribution in [-0.4, -0.2) is 25.7 Å². The van der Waals surface area contributed by atoms with Crippen LogP contribution in [0.15, 0.2) is 18.2 Å². The summed E-state index contributed by atoms with van der Waals surface area (Å²) >= 11 is 0. The maximum absolute atomic E-state index is 12.4. The zero-order chi connectivity index (χ0) is 14.8. The second-order valence-corrected chi connectivity index (χ2v) is 6.09. The molecule has 4 heteroatoms. The summed E-state index contributed by atoms with van der Waals surface area (Å²) in [5.74, 6) is 1.94. The predicted octanol–water partition coefficient (Wildman–Crippen LogP) is 2.51. The van der Waals surface area contributed by atoms with E-state index in [9.17, 15) is 4.79 Å². The summed E-state index contributed by atoms with van der Waals surface area (Å²) in [6.07, 6.45) is 0. The average Bonchev–Trinajstić information content (AvgIpc) is 2.44. The van der Waals surface area contributed by atoms with Crippen LogP contribution in [0, 0.1) is 5.92 Å². The third-order valence-corrected chi connectivity index (χ3v) is 3.50. The van der Waals surface area contributed by atoms with Crippen molar-refractivity contribution in [1.82, 2.24) is 5.32 Å². The Kier molecular flexibility index (Phi) is 4.21. The molecule has 1 aliphatic heterocycles. The molecular weight excluding hydrogens is 254 g/mol. The van der Waals surface area contributed by atoms with Crippen LogP contribution in [-0.2, 0) is 10.2 Å². The van der Waals surface area contributed by atoms with Crippen LogP contribution >= 0.6 is 0 Å². The molecule has 110 valence electrons. The summed E-state index contributed by atoms with van der Waals surface area (Å²) in [6, 6.07) is 5.72. The zero-order valence-electron chi connectivity index (χ0n) is 12.7. The van der Waals surface area contributed by atoms with Gasteiger partial charge in [-0.2, -0.15) is 0 Å². The highest BCUT2D eigenvalue weighted by Gasteiger charge is 2.31. The Morgan fingerprint density at radius 1 is 1.25 bits per heavy atom. The number of ether oxygens (including phenoxy) is 2. The lowest BCUT2D eigenvalue weighted by atomic mass is 9.83. The predicted molar refractivity (Wildman–Crippen MR) is 78.3 cm³/mol. The van der Waals surface area contributed by atoms with Gasteiger partial charge in [-0.05, 0) is 37.5 Å². The molecule has 0 fully saturated rings. The lowest BCUT2D eigenvalue weighted by Crippen LogP contribution is -2.41. The molecule has 0 radical (unpaired) electrons. The highest BCUT2D eigenvalue weighted by atomic mass is 16.6. The van der Waals surface area contributed by atoms with Crippen LogP contribution in [0.1, 0.15) is 33.3 Å². The van der Waals surface area contributed by atoms with E-state index in [1.807, 2.05) is 32.0 Å². The van der Waals surface area contributed by atoms with Crippen LogP contribution < -0.4 is 14.8 Å². The first-order valence-electron chi connectivity index (χ1n) is 7.09. The van der Waals surface area contributed by atoms with Gasteiger partial charge in [0.1, 0.15) is 13.2 Å². The number of amides is 1. The Morgan fingerprint density at radius 2 is 1.90 bits per heavy atom. The lowest BCUT2D eigenvalue weighted by molar-refractivity contribution is -0.125. The molecule has 0 saturated heterocycles. The van der Waals surface area contributed by atoms with Gasteiger partial charge in [0.05, 0.1) is 5.41 Å². The number of carbonyl (C=O) groups is 1. The van der Waals surface area contributed by atoms with E-state index in [2.05, 4.69) is 19.2 Å². The minimum Gasteiger partial charge on any atom is -0.486 e. The summed E-state index contributed by atoms with van der Waals surface area (Å²) in [5.41, 5.74) is 0.341. The number of fused-ring (bicyclic) bond motifs is 1. The molecule has 0 bridgehead atoms. The molecule has 1 heterocycles. The molecule has 0 atom stereocenters. The van der Waals surface area contributed by atoms with Crippen LogP contribution in [0.5, 0.6) is 11.5 Å². The third-order valence-electron chi connectivity index (χ3n) is 3.50. The molecule has 0 aromatic heterocycles. The summed E-state index contributed by atoms with van der Waals surface area (Å²) < 4.78 is 11.1. The molecule has 0 unspecified atom stereocenters. The van der Waals surface area contributed by atoms with Crippen molar-refractivity contribution in [2.75, 3.05) is 19.8 Å². The van der Waals surface area contributed by atoms with Crippen LogP contribution in [0.2, 0.25) is 0 Å². The SMILES string of the molecule is CC(C)CNC(=O)C(C)(C)c1ccc2c(c1)OCCO2. The number of hydrogen-bond acceptors (Lipinski definition) is 3. The highest BCUT2D eigenvalue weighted by Crippen LogP contribution is 2.35. The molecule has 1 aliphatic rings. The first kappa shape index (κ1) is 14.7. The average molecular weight is 277 g/mol. The first-order chi connectivity index (χ1) is 9.41. The van der Waals surface area contributed by atoms with Gasteiger partial charge in [-0.25, -0.2) is 0 Å². The monoisotopic (exact) mass is 277 g/mol.